The second kappa shape index (κ2) is 6.09. The Morgan fingerprint density at radius 2 is 2.00 bits per heavy atom. The maximum atomic E-state index is 6.00. The molecule has 4 heterocycles. The van der Waals surface area contributed by atoms with E-state index in [2.05, 4.69) is 14.9 Å². The van der Waals surface area contributed by atoms with E-state index in [0.717, 1.165) is 48.7 Å². The predicted molar refractivity (Wildman–Crippen MR) is 92.2 cm³/mol. The molecule has 0 atom stereocenters. The van der Waals surface area contributed by atoms with Crippen molar-refractivity contribution in [2.45, 2.75) is 18.9 Å². The van der Waals surface area contributed by atoms with Crippen molar-refractivity contribution in [2.24, 2.45) is 5.73 Å². The Morgan fingerprint density at radius 3 is 2.79 bits per heavy atom. The fourth-order valence-corrected chi connectivity index (χ4v) is 3.04. The van der Waals surface area contributed by atoms with Gasteiger partial charge in [0.2, 0.25) is 5.88 Å². The number of ether oxygens (including phenoxy) is 1. The van der Waals surface area contributed by atoms with Gasteiger partial charge in [0.05, 0.1) is 19.0 Å². The summed E-state index contributed by atoms with van der Waals surface area (Å²) in [6, 6.07) is 8.14. The van der Waals surface area contributed by atoms with Gasteiger partial charge in [-0.15, -0.1) is 5.10 Å². The molecule has 0 aromatic carbocycles. The highest BCUT2D eigenvalue weighted by Gasteiger charge is 2.18. The zero-order valence-electron chi connectivity index (χ0n) is 13.6. The second-order valence-electron chi connectivity index (χ2n) is 6.02. The van der Waals surface area contributed by atoms with E-state index >= 15 is 0 Å². The van der Waals surface area contributed by atoms with Crippen LogP contribution in [0.4, 0.5) is 5.82 Å². The summed E-state index contributed by atoms with van der Waals surface area (Å²) in [5.74, 6) is 1.53. The third kappa shape index (κ3) is 2.67. The molecule has 0 saturated carbocycles. The van der Waals surface area contributed by atoms with E-state index < -0.39 is 0 Å². The summed E-state index contributed by atoms with van der Waals surface area (Å²) in [4.78, 5) is 10.9. The molecule has 1 aliphatic rings. The standard InChI is InChI=1S/C17H20N6O/c1-24-17-10-12(4-7-19-17)14-11-20-15-2-3-16(21-23(14)15)22-8-5-13(18)6-9-22/h2-4,7,10-11,13H,5-6,8-9,18H2,1H3. The lowest BCUT2D eigenvalue weighted by Crippen LogP contribution is -2.40. The highest BCUT2D eigenvalue weighted by molar-refractivity contribution is 5.64. The first-order valence-corrected chi connectivity index (χ1v) is 8.10. The predicted octanol–water partition coefficient (Wildman–Crippen LogP) is 1.73. The Labute approximate surface area is 140 Å². The zero-order valence-corrected chi connectivity index (χ0v) is 13.6. The molecule has 1 saturated heterocycles. The highest BCUT2D eigenvalue weighted by atomic mass is 16.5. The average Bonchev–Trinajstić information content (AvgIpc) is 3.05. The summed E-state index contributed by atoms with van der Waals surface area (Å²) in [5, 5.41) is 4.79. The van der Waals surface area contributed by atoms with Gasteiger partial charge < -0.3 is 15.4 Å². The molecular formula is C17H20N6O. The summed E-state index contributed by atoms with van der Waals surface area (Å²) < 4.78 is 7.09. The molecule has 4 rings (SSSR count). The normalized spacial score (nSPS) is 15.8. The minimum atomic E-state index is 0.304. The van der Waals surface area contributed by atoms with E-state index in [9.17, 15) is 0 Å². The SMILES string of the molecule is COc1cc(-c2cnc3ccc(N4CCC(N)CC4)nn23)ccn1. The molecular weight excluding hydrogens is 304 g/mol. The number of anilines is 1. The van der Waals surface area contributed by atoms with Crippen molar-refractivity contribution in [2.75, 3.05) is 25.1 Å². The Hall–Kier alpha value is -2.67. The average molecular weight is 324 g/mol. The number of piperidine rings is 1. The van der Waals surface area contributed by atoms with Crippen molar-refractivity contribution >= 4 is 11.5 Å². The number of hydrogen-bond donors (Lipinski definition) is 1. The highest BCUT2D eigenvalue weighted by Crippen LogP contribution is 2.24. The first-order chi connectivity index (χ1) is 11.7. The van der Waals surface area contributed by atoms with Gasteiger partial charge in [0.1, 0.15) is 5.82 Å². The Kier molecular flexibility index (Phi) is 3.78. The van der Waals surface area contributed by atoms with E-state index in [4.69, 9.17) is 15.6 Å². The van der Waals surface area contributed by atoms with Crippen LogP contribution in [0.15, 0.2) is 36.7 Å². The monoisotopic (exact) mass is 324 g/mol. The van der Waals surface area contributed by atoms with Gasteiger partial charge in [-0.2, -0.15) is 0 Å². The Bertz CT molecular complexity index is 853. The van der Waals surface area contributed by atoms with Crippen LogP contribution in [0, 0.1) is 0 Å². The van der Waals surface area contributed by atoms with Gasteiger partial charge in [-0.05, 0) is 31.0 Å². The van der Waals surface area contributed by atoms with Crippen molar-refractivity contribution in [1.29, 1.82) is 0 Å². The smallest absolute Gasteiger partial charge is 0.213 e. The lowest BCUT2D eigenvalue weighted by molar-refractivity contribution is 0.398. The molecule has 0 bridgehead atoms. The number of imidazole rings is 1. The topological polar surface area (TPSA) is 81.6 Å². The first kappa shape index (κ1) is 14.9. The van der Waals surface area contributed by atoms with Crippen LogP contribution in [0.5, 0.6) is 5.88 Å². The summed E-state index contributed by atoms with van der Waals surface area (Å²) in [6.45, 7) is 1.87. The van der Waals surface area contributed by atoms with E-state index in [1.807, 2.05) is 35.0 Å². The van der Waals surface area contributed by atoms with E-state index in [-0.39, 0.29) is 0 Å². The van der Waals surface area contributed by atoms with Crippen molar-refractivity contribution in [3.05, 3.63) is 36.7 Å². The van der Waals surface area contributed by atoms with Crippen LogP contribution in [0.2, 0.25) is 0 Å². The Morgan fingerprint density at radius 1 is 1.17 bits per heavy atom. The minimum Gasteiger partial charge on any atom is -0.481 e. The van der Waals surface area contributed by atoms with Crippen molar-refractivity contribution in [3.8, 4) is 17.1 Å². The lowest BCUT2D eigenvalue weighted by atomic mass is 10.1. The molecule has 0 spiro atoms. The quantitative estimate of drug-likeness (QED) is 0.790. The number of rotatable bonds is 3. The van der Waals surface area contributed by atoms with Crippen LogP contribution in [0.3, 0.4) is 0 Å². The number of methoxy groups -OCH3 is 1. The van der Waals surface area contributed by atoms with E-state index in [1.165, 1.54) is 0 Å². The summed E-state index contributed by atoms with van der Waals surface area (Å²) >= 11 is 0. The third-order valence-corrected chi connectivity index (χ3v) is 4.45. The molecule has 0 amide bonds. The number of fused-ring (bicyclic) bond motifs is 1. The molecule has 24 heavy (non-hydrogen) atoms. The number of aromatic nitrogens is 4. The van der Waals surface area contributed by atoms with Gasteiger partial charge in [0.25, 0.3) is 0 Å². The molecule has 7 nitrogen and oxygen atoms in total. The summed E-state index contributed by atoms with van der Waals surface area (Å²) in [5.41, 5.74) is 8.70. The van der Waals surface area contributed by atoms with Gasteiger partial charge in [-0.1, -0.05) is 0 Å². The van der Waals surface area contributed by atoms with Crippen LogP contribution in [-0.4, -0.2) is 45.8 Å². The molecule has 1 aliphatic heterocycles. The molecule has 124 valence electrons. The minimum absolute atomic E-state index is 0.304. The molecule has 2 N–H and O–H groups in total. The van der Waals surface area contributed by atoms with E-state index in [0.29, 0.717) is 11.9 Å². The zero-order chi connectivity index (χ0) is 16.5. The molecule has 3 aromatic rings. The molecule has 7 heteroatoms. The molecule has 0 radical (unpaired) electrons. The fourth-order valence-electron chi connectivity index (χ4n) is 3.04. The molecule has 0 aliphatic carbocycles. The first-order valence-electron chi connectivity index (χ1n) is 8.10. The van der Waals surface area contributed by atoms with Gasteiger partial charge in [-0.25, -0.2) is 14.5 Å². The van der Waals surface area contributed by atoms with Gasteiger partial charge in [0, 0.05) is 37.0 Å². The largest absolute Gasteiger partial charge is 0.481 e. The summed E-state index contributed by atoms with van der Waals surface area (Å²) in [7, 11) is 1.61. The lowest BCUT2D eigenvalue weighted by Gasteiger charge is -2.30. The number of nitrogens with zero attached hydrogens (tertiary/aromatic N) is 5. The number of nitrogens with two attached hydrogens (primary N) is 1. The second-order valence-corrected chi connectivity index (χ2v) is 6.02. The van der Waals surface area contributed by atoms with Crippen molar-refractivity contribution < 1.29 is 4.74 Å². The maximum Gasteiger partial charge on any atom is 0.213 e. The fraction of sp³-hybridized carbons (Fsp3) is 0.353. The van der Waals surface area contributed by atoms with Crippen molar-refractivity contribution in [1.82, 2.24) is 19.6 Å². The number of pyridine rings is 1. The van der Waals surface area contributed by atoms with Crippen LogP contribution in [0.1, 0.15) is 12.8 Å². The van der Waals surface area contributed by atoms with Crippen LogP contribution in [0.25, 0.3) is 16.9 Å². The van der Waals surface area contributed by atoms with Crippen LogP contribution >= 0.6 is 0 Å². The maximum absolute atomic E-state index is 6.00. The van der Waals surface area contributed by atoms with E-state index in [1.54, 1.807) is 13.3 Å². The van der Waals surface area contributed by atoms with Gasteiger partial charge in [-0.3, -0.25) is 0 Å². The van der Waals surface area contributed by atoms with Crippen LogP contribution in [-0.2, 0) is 0 Å². The third-order valence-electron chi connectivity index (χ3n) is 4.45. The molecule has 1 fully saturated rings. The number of hydrogen-bond acceptors (Lipinski definition) is 6. The Balaban J connectivity index is 1.73. The summed E-state index contributed by atoms with van der Waals surface area (Å²) in [6.07, 6.45) is 5.55. The van der Waals surface area contributed by atoms with Gasteiger partial charge >= 0.3 is 0 Å². The molecule has 3 aromatic heterocycles. The van der Waals surface area contributed by atoms with Crippen LogP contribution < -0.4 is 15.4 Å². The van der Waals surface area contributed by atoms with Crippen molar-refractivity contribution in [3.63, 3.8) is 0 Å². The van der Waals surface area contributed by atoms with Gasteiger partial charge in [0.15, 0.2) is 5.65 Å². The molecule has 0 unspecified atom stereocenters.